The zero-order valence-corrected chi connectivity index (χ0v) is 10.1. The molecule has 0 aromatic heterocycles. The zero-order valence-electron chi connectivity index (χ0n) is 10.1. The molecular weight excluding hydrogens is 170 g/mol. The average molecular weight is 193 g/mol. The minimum atomic E-state index is 1.06. The predicted molar refractivity (Wildman–Crippen MR) is 66.0 cm³/mol. The molecule has 80 valence electrons. The topological polar surface area (TPSA) is 12.0 Å². The summed E-state index contributed by atoms with van der Waals surface area (Å²) in [5.74, 6) is 0. The molecule has 0 unspecified atom stereocenters. The molecule has 0 aliphatic heterocycles. The zero-order chi connectivity index (χ0) is 11.0. The molecule has 1 rings (SSSR count). The lowest BCUT2D eigenvalue weighted by molar-refractivity contribution is 0.979. The molecule has 1 aromatic carbocycles. The van der Waals surface area contributed by atoms with Gasteiger partial charge >= 0.3 is 0 Å². The number of aryl methyl sites for hydroxylation is 2. The third-order valence-corrected chi connectivity index (χ3v) is 1.80. The van der Waals surface area contributed by atoms with Crippen LogP contribution in [0.3, 0.4) is 0 Å². The second-order valence-electron chi connectivity index (χ2n) is 3.30. The van der Waals surface area contributed by atoms with E-state index in [0.29, 0.717) is 0 Å². The third kappa shape index (κ3) is 4.90. The van der Waals surface area contributed by atoms with Crippen LogP contribution in [0.15, 0.2) is 18.2 Å². The Morgan fingerprint density at radius 3 is 1.93 bits per heavy atom. The van der Waals surface area contributed by atoms with Crippen molar-refractivity contribution in [3.05, 3.63) is 29.3 Å². The molecule has 0 amide bonds. The highest BCUT2D eigenvalue weighted by Crippen LogP contribution is 2.13. The smallest absolute Gasteiger partial charge is 0.0345 e. The standard InChI is InChI=1S/C11H17N.C2H6/c1-4-5-12-11-7-9(2)6-10(3)8-11;1-2/h6-8,12H,4-5H2,1-3H3;1-2H3. The van der Waals surface area contributed by atoms with E-state index in [4.69, 9.17) is 0 Å². The summed E-state index contributed by atoms with van der Waals surface area (Å²) in [6, 6.07) is 6.56. The number of benzene rings is 1. The summed E-state index contributed by atoms with van der Waals surface area (Å²) in [5, 5.41) is 3.38. The van der Waals surface area contributed by atoms with Gasteiger partial charge in [-0.1, -0.05) is 26.8 Å². The largest absolute Gasteiger partial charge is 0.385 e. The Kier molecular flexibility index (Phi) is 6.91. The Balaban J connectivity index is 0.000000791. The Hall–Kier alpha value is -0.980. The first-order valence-corrected chi connectivity index (χ1v) is 5.54. The fourth-order valence-corrected chi connectivity index (χ4v) is 1.35. The molecule has 0 fully saturated rings. The molecule has 1 heteroatoms. The SMILES string of the molecule is CC.CCCNc1cc(C)cc(C)c1. The molecule has 0 aliphatic carbocycles. The van der Waals surface area contributed by atoms with Crippen molar-refractivity contribution in [1.29, 1.82) is 0 Å². The van der Waals surface area contributed by atoms with Crippen LogP contribution in [0.5, 0.6) is 0 Å². The van der Waals surface area contributed by atoms with Gasteiger partial charge in [0.2, 0.25) is 0 Å². The van der Waals surface area contributed by atoms with Crippen molar-refractivity contribution < 1.29 is 0 Å². The molecule has 0 saturated carbocycles. The molecule has 0 aliphatic rings. The highest BCUT2D eigenvalue weighted by Gasteiger charge is 1.93. The van der Waals surface area contributed by atoms with E-state index in [1.807, 2.05) is 13.8 Å². The van der Waals surface area contributed by atoms with Crippen LogP contribution in [0.1, 0.15) is 38.3 Å². The average Bonchev–Trinajstić information content (AvgIpc) is 2.16. The van der Waals surface area contributed by atoms with Crippen LogP contribution in [0.4, 0.5) is 5.69 Å². The van der Waals surface area contributed by atoms with E-state index in [0.717, 1.165) is 6.54 Å². The van der Waals surface area contributed by atoms with E-state index in [1.165, 1.54) is 23.2 Å². The van der Waals surface area contributed by atoms with Gasteiger partial charge in [-0.25, -0.2) is 0 Å². The third-order valence-electron chi connectivity index (χ3n) is 1.80. The maximum absolute atomic E-state index is 3.38. The summed E-state index contributed by atoms with van der Waals surface area (Å²) in [6.07, 6.45) is 1.17. The predicted octanol–water partition coefficient (Wildman–Crippen LogP) is 4.15. The number of hydrogen-bond acceptors (Lipinski definition) is 1. The second-order valence-corrected chi connectivity index (χ2v) is 3.30. The molecule has 0 radical (unpaired) electrons. The molecule has 0 bridgehead atoms. The molecule has 1 aromatic rings. The van der Waals surface area contributed by atoms with Gasteiger partial charge in [0.25, 0.3) is 0 Å². The minimum Gasteiger partial charge on any atom is -0.385 e. The molecule has 0 atom stereocenters. The lowest BCUT2D eigenvalue weighted by Crippen LogP contribution is -1.99. The summed E-state index contributed by atoms with van der Waals surface area (Å²) in [6.45, 7) is 11.5. The van der Waals surface area contributed by atoms with Crippen molar-refractivity contribution in [3.8, 4) is 0 Å². The Bertz CT molecular complexity index is 233. The molecule has 0 saturated heterocycles. The van der Waals surface area contributed by atoms with E-state index in [9.17, 15) is 0 Å². The van der Waals surface area contributed by atoms with Gasteiger partial charge < -0.3 is 5.32 Å². The van der Waals surface area contributed by atoms with Crippen molar-refractivity contribution >= 4 is 5.69 Å². The van der Waals surface area contributed by atoms with Crippen LogP contribution in [0, 0.1) is 13.8 Å². The summed E-state index contributed by atoms with van der Waals surface area (Å²) >= 11 is 0. The minimum absolute atomic E-state index is 1.06. The lowest BCUT2D eigenvalue weighted by atomic mass is 10.1. The van der Waals surface area contributed by atoms with Crippen molar-refractivity contribution in [2.45, 2.75) is 41.0 Å². The van der Waals surface area contributed by atoms with Gasteiger partial charge in [0, 0.05) is 12.2 Å². The first kappa shape index (κ1) is 13.0. The Morgan fingerprint density at radius 2 is 1.50 bits per heavy atom. The van der Waals surface area contributed by atoms with Gasteiger partial charge in [0.1, 0.15) is 0 Å². The van der Waals surface area contributed by atoms with Crippen molar-refractivity contribution in [2.24, 2.45) is 0 Å². The molecule has 1 N–H and O–H groups in total. The summed E-state index contributed by atoms with van der Waals surface area (Å²) in [4.78, 5) is 0. The first-order valence-electron chi connectivity index (χ1n) is 5.54. The van der Waals surface area contributed by atoms with Gasteiger partial charge in [0.05, 0.1) is 0 Å². The molecular formula is C13H23N. The van der Waals surface area contributed by atoms with Gasteiger partial charge in [-0.2, -0.15) is 0 Å². The Morgan fingerprint density at radius 1 is 1.00 bits per heavy atom. The normalized spacial score (nSPS) is 8.93. The maximum atomic E-state index is 3.38. The van der Waals surface area contributed by atoms with E-state index >= 15 is 0 Å². The van der Waals surface area contributed by atoms with Crippen molar-refractivity contribution in [3.63, 3.8) is 0 Å². The van der Waals surface area contributed by atoms with Crippen LogP contribution in [0.25, 0.3) is 0 Å². The fourth-order valence-electron chi connectivity index (χ4n) is 1.35. The fraction of sp³-hybridized carbons (Fsp3) is 0.538. The maximum Gasteiger partial charge on any atom is 0.0345 e. The van der Waals surface area contributed by atoms with Crippen LogP contribution >= 0.6 is 0 Å². The number of anilines is 1. The molecule has 0 spiro atoms. The monoisotopic (exact) mass is 193 g/mol. The highest BCUT2D eigenvalue weighted by atomic mass is 14.9. The van der Waals surface area contributed by atoms with Gasteiger partial charge in [-0.3, -0.25) is 0 Å². The second kappa shape index (κ2) is 7.43. The van der Waals surface area contributed by atoms with Gasteiger partial charge in [-0.15, -0.1) is 0 Å². The van der Waals surface area contributed by atoms with E-state index in [1.54, 1.807) is 0 Å². The summed E-state index contributed by atoms with van der Waals surface area (Å²) in [7, 11) is 0. The quantitative estimate of drug-likeness (QED) is 0.760. The number of rotatable bonds is 3. The summed E-state index contributed by atoms with van der Waals surface area (Å²) < 4.78 is 0. The van der Waals surface area contributed by atoms with Crippen LogP contribution in [-0.4, -0.2) is 6.54 Å². The van der Waals surface area contributed by atoms with E-state index in [2.05, 4.69) is 44.3 Å². The van der Waals surface area contributed by atoms with Crippen LogP contribution < -0.4 is 5.32 Å². The molecule has 14 heavy (non-hydrogen) atoms. The van der Waals surface area contributed by atoms with E-state index < -0.39 is 0 Å². The van der Waals surface area contributed by atoms with E-state index in [-0.39, 0.29) is 0 Å². The van der Waals surface area contributed by atoms with Crippen LogP contribution in [0.2, 0.25) is 0 Å². The lowest BCUT2D eigenvalue weighted by Gasteiger charge is -2.06. The van der Waals surface area contributed by atoms with Gasteiger partial charge in [-0.05, 0) is 43.5 Å². The van der Waals surface area contributed by atoms with Gasteiger partial charge in [0.15, 0.2) is 0 Å². The van der Waals surface area contributed by atoms with Crippen molar-refractivity contribution in [1.82, 2.24) is 0 Å². The van der Waals surface area contributed by atoms with Crippen molar-refractivity contribution in [2.75, 3.05) is 11.9 Å². The Labute approximate surface area is 88.5 Å². The highest BCUT2D eigenvalue weighted by molar-refractivity contribution is 5.48. The number of hydrogen-bond donors (Lipinski definition) is 1. The summed E-state index contributed by atoms with van der Waals surface area (Å²) in [5.41, 5.74) is 3.90. The first-order chi connectivity index (χ1) is 6.72. The molecule has 0 heterocycles. The van der Waals surface area contributed by atoms with Crippen LogP contribution in [-0.2, 0) is 0 Å². The number of nitrogens with one attached hydrogen (secondary N) is 1. The molecule has 1 nitrogen and oxygen atoms in total.